The quantitative estimate of drug-likeness (QED) is 0.861. The highest BCUT2D eigenvalue weighted by Crippen LogP contribution is 2.34. The first-order valence-corrected chi connectivity index (χ1v) is 4.64. The minimum atomic E-state index is -1.07. The van der Waals surface area contributed by atoms with Crippen molar-refractivity contribution in [1.82, 2.24) is 0 Å². The summed E-state index contributed by atoms with van der Waals surface area (Å²) in [6.45, 7) is 1.42. The summed E-state index contributed by atoms with van der Waals surface area (Å²) < 4.78 is 12.8. The molecule has 0 saturated heterocycles. The highest BCUT2D eigenvalue weighted by atomic mass is 79.9. The van der Waals surface area contributed by atoms with Gasteiger partial charge in [0.15, 0.2) is 0 Å². The van der Waals surface area contributed by atoms with E-state index in [4.69, 9.17) is 5.11 Å². The maximum atomic E-state index is 12.9. The van der Waals surface area contributed by atoms with E-state index in [0.29, 0.717) is 0 Å². The Morgan fingerprint density at radius 2 is 2.14 bits per heavy atom. The zero-order chi connectivity index (χ0) is 10.9. The predicted molar refractivity (Wildman–Crippen MR) is 51.8 cm³/mol. The van der Waals surface area contributed by atoms with Crippen molar-refractivity contribution in [2.24, 2.45) is 0 Å². The summed E-state index contributed by atoms with van der Waals surface area (Å²) in [6, 6.07) is 2.37. The number of phenolic OH excluding ortho intramolecular Hbond substituents is 1. The molecule has 1 aromatic carbocycles. The van der Waals surface area contributed by atoms with Crippen molar-refractivity contribution < 1.29 is 19.4 Å². The molecule has 0 heterocycles. The first-order chi connectivity index (χ1) is 6.45. The van der Waals surface area contributed by atoms with Gasteiger partial charge in [0.05, 0.1) is 10.4 Å². The number of halogens is 2. The zero-order valence-corrected chi connectivity index (χ0v) is 8.88. The molecule has 0 bridgehead atoms. The SMILES string of the molecule is CC(C(=O)O)c1ccc(F)c(Br)c1O. The number of carbonyl (C=O) groups is 1. The molecule has 0 spiro atoms. The third-order valence-electron chi connectivity index (χ3n) is 1.94. The summed E-state index contributed by atoms with van der Waals surface area (Å²) in [6.07, 6.45) is 0. The van der Waals surface area contributed by atoms with Gasteiger partial charge in [-0.1, -0.05) is 6.07 Å². The van der Waals surface area contributed by atoms with Crippen LogP contribution in [-0.4, -0.2) is 16.2 Å². The Kier molecular flexibility index (Phi) is 3.10. The van der Waals surface area contributed by atoms with Crippen molar-refractivity contribution in [2.75, 3.05) is 0 Å². The van der Waals surface area contributed by atoms with Crippen LogP contribution in [0.5, 0.6) is 5.75 Å². The van der Waals surface area contributed by atoms with E-state index < -0.39 is 17.7 Å². The number of aliphatic carboxylic acids is 1. The maximum absolute atomic E-state index is 12.9. The van der Waals surface area contributed by atoms with E-state index in [-0.39, 0.29) is 15.8 Å². The van der Waals surface area contributed by atoms with Crippen LogP contribution in [-0.2, 0) is 4.79 Å². The molecule has 5 heteroatoms. The number of phenols is 1. The van der Waals surface area contributed by atoms with Crippen LogP contribution in [0.2, 0.25) is 0 Å². The first kappa shape index (κ1) is 11.0. The Hall–Kier alpha value is -1.10. The molecule has 1 rings (SSSR count). The summed E-state index contributed by atoms with van der Waals surface area (Å²) in [4.78, 5) is 10.6. The summed E-state index contributed by atoms with van der Waals surface area (Å²) in [7, 11) is 0. The van der Waals surface area contributed by atoms with Crippen LogP contribution < -0.4 is 0 Å². The molecule has 0 aliphatic carbocycles. The fourth-order valence-electron chi connectivity index (χ4n) is 1.04. The smallest absolute Gasteiger partial charge is 0.310 e. The molecule has 0 aromatic heterocycles. The monoisotopic (exact) mass is 262 g/mol. The second kappa shape index (κ2) is 3.96. The largest absolute Gasteiger partial charge is 0.506 e. The number of carboxylic acids is 1. The number of rotatable bonds is 2. The lowest BCUT2D eigenvalue weighted by Gasteiger charge is -2.10. The average molecular weight is 263 g/mol. The van der Waals surface area contributed by atoms with Gasteiger partial charge in [-0.25, -0.2) is 4.39 Å². The van der Waals surface area contributed by atoms with Gasteiger partial charge in [0.25, 0.3) is 0 Å². The average Bonchev–Trinajstić information content (AvgIpc) is 2.13. The standard InChI is InChI=1S/C9H8BrFO3/c1-4(9(13)14)5-2-3-6(11)7(10)8(5)12/h2-4,12H,1H3,(H,13,14). The summed E-state index contributed by atoms with van der Waals surface area (Å²) in [5.74, 6) is -2.92. The normalized spacial score (nSPS) is 12.5. The molecular weight excluding hydrogens is 255 g/mol. The van der Waals surface area contributed by atoms with Crippen LogP contribution in [0, 0.1) is 5.82 Å². The number of carboxylic acid groups (broad SMARTS) is 1. The van der Waals surface area contributed by atoms with E-state index in [9.17, 15) is 14.3 Å². The topological polar surface area (TPSA) is 57.5 Å². The van der Waals surface area contributed by atoms with Crippen molar-refractivity contribution in [3.8, 4) is 5.75 Å². The van der Waals surface area contributed by atoms with E-state index in [1.165, 1.54) is 13.0 Å². The molecule has 0 saturated carbocycles. The summed E-state index contributed by atoms with van der Waals surface area (Å²) >= 11 is 2.83. The minimum Gasteiger partial charge on any atom is -0.506 e. The molecule has 1 atom stereocenters. The number of aromatic hydroxyl groups is 1. The van der Waals surface area contributed by atoms with Gasteiger partial charge < -0.3 is 10.2 Å². The van der Waals surface area contributed by atoms with Crippen LogP contribution in [0.1, 0.15) is 18.4 Å². The second-order valence-electron chi connectivity index (χ2n) is 2.86. The summed E-state index contributed by atoms with van der Waals surface area (Å²) in [5, 5.41) is 18.1. The van der Waals surface area contributed by atoms with Crippen molar-refractivity contribution in [3.05, 3.63) is 28.0 Å². The fourth-order valence-corrected chi connectivity index (χ4v) is 1.40. The molecular formula is C9H8BrFO3. The van der Waals surface area contributed by atoms with E-state index >= 15 is 0 Å². The van der Waals surface area contributed by atoms with Gasteiger partial charge in [-0.15, -0.1) is 0 Å². The second-order valence-corrected chi connectivity index (χ2v) is 3.65. The lowest BCUT2D eigenvalue weighted by atomic mass is 10.0. The molecule has 76 valence electrons. The Morgan fingerprint density at radius 1 is 1.57 bits per heavy atom. The Bertz CT molecular complexity index is 379. The lowest BCUT2D eigenvalue weighted by molar-refractivity contribution is -0.138. The Morgan fingerprint density at radius 3 is 2.64 bits per heavy atom. The lowest BCUT2D eigenvalue weighted by Crippen LogP contribution is -2.07. The number of hydrogen-bond acceptors (Lipinski definition) is 2. The van der Waals surface area contributed by atoms with Gasteiger partial charge in [-0.3, -0.25) is 4.79 Å². The van der Waals surface area contributed by atoms with E-state index in [2.05, 4.69) is 15.9 Å². The maximum Gasteiger partial charge on any atom is 0.310 e. The highest BCUT2D eigenvalue weighted by Gasteiger charge is 2.20. The number of benzene rings is 1. The third kappa shape index (κ3) is 1.87. The summed E-state index contributed by atoms with van der Waals surface area (Å²) in [5.41, 5.74) is 0.186. The van der Waals surface area contributed by atoms with Crippen molar-refractivity contribution in [1.29, 1.82) is 0 Å². The van der Waals surface area contributed by atoms with Crippen molar-refractivity contribution in [2.45, 2.75) is 12.8 Å². The van der Waals surface area contributed by atoms with Gasteiger partial charge in [0, 0.05) is 5.56 Å². The van der Waals surface area contributed by atoms with Gasteiger partial charge in [0.1, 0.15) is 11.6 Å². The van der Waals surface area contributed by atoms with Gasteiger partial charge in [-0.2, -0.15) is 0 Å². The first-order valence-electron chi connectivity index (χ1n) is 3.84. The number of hydrogen-bond donors (Lipinski definition) is 2. The molecule has 14 heavy (non-hydrogen) atoms. The van der Waals surface area contributed by atoms with Gasteiger partial charge in [0.2, 0.25) is 0 Å². The molecule has 0 aliphatic heterocycles. The molecule has 0 amide bonds. The predicted octanol–water partition coefficient (Wildman–Crippen LogP) is 2.48. The Balaban J connectivity index is 3.24. The minimum absolute atomic E-state index is 0.108. The molecule has 3 nitrogen and oxygen atoms in total. The molecule has 0 fully saturated rings. The third-order valence-corrected chi connectivity index (χ3v) is 2.69. The van der Waals surface area contributed by atoms with Gasteiger partial charge >= 0.3 is 5.97 Å². The highest BCUT2D eigenvalue weighted by molar-refractivity contribution is 9.10. The van der Waals surface area contributed by atoms with Crippen LogP contribution in [0.4, 0.5) is 4.39 Å². The van der Waals surface area contributed by atoms with Crippen LogP contribution in [0.3, 0.4) is 0 Å². The van der Waals surface area contributed by atoms with E-state index in [0.717, 1.165) is 6.07 Å². The molecule has 1 unspecified atom stereocenters. The molecule has 2 N–H and O–H groups in total. The van der Waals surface area contributed by atoms with Crippen LogP contribution in [0.15, 0.2) is 16.6 Å². The molecule has 0 radical (unpaired) electrons. The molecule has 0 aliphatic rings. The van der Waals surface area contributed by atoms with E-state index in [1.807, 2.05) is 0 Å². The van der Waals surface area contributed by atoms with Gasteiger partial charge in [-0.05, 0) is 28.9 Å². The fraction of sp³-hybridized carbons (Fsp3) is 0.222. The van der Waals surface area contributed by atoms with Crippen LogP contribution in [0.25, 0.3) is 0 Å². The van der Waals surface area contributed by atoms with Crippen molar-refractivity contribution in [3.63, 3.8) is 0 Å². The zero-order valence-electron chi connectivity index (χ0n) is 7.29. The van der Waals surface area contributed by atoms with E-state index in [1.54, 1.807) is 0 Å². The van der Waals surface area contributed by atoms with Crippen LogP contribution >= 0.6 is 15.9 Å². The van der Waals surface area contributed by atoms with Crippen molar-refractivity contribution >= 4 is 21.9 Å². The molecule has 1 aromatic rings. The Labute approximate surface area is 88.3 Å².